The monoisotopic (exact) mass is 684 g/mol. The lowest BCUT2D eigenvalue weighted by molar-refractivity contribution is 0.0780. The van der Waals surface area contributed by atoms with Crippen LogP contribution in [0.25, 0.3) is 44.9 Å². The second kappa shape index (κ2) is 12.9. The van der Waals surface area contributed by atoms with Gasteiger partial charge in [0.2, 0.25) is 0 Å². The Kier molecular flexibility index (Phi) is 8.33. The third-order valence-corrected chi connectivity index (χ3v) is 13.6. The number of hydrogen-bond donors (Lipinski definition) is 0. The standard InChI is InChI=1S/C48H52N4/c1-30-18-34-19-31(2)24-47(23-30,27-34)40-16-14-37(15-17-40)44-50-45(38-13-12-36-8-7-9-39(29-49)42(36)22-38)52-46(51-44)41-10-5-6-11-43(41)48-25-32(3)20-35(28-48)21-33(4)26-48/h5-17,22,30-35H,18-21,23-28H2,1-4H3/t30-,31+,32-,33+,34?,35?,47?,48?. The third kappa shape index (κ3) is 5.95. The molecule has 52 heavy (non-hydrogen) atoms. The van der Waals surface area contributed by atoms with Crippen LogP contribution in [0.15, 0.2) is 84.9 Å². The van der Waals surface area contributed by atoms with Crippen LogP contribution in [-0.2, 0) is 10.8 Å². The van der Waals surface area contributed by atoms with Gasteiger partial charge in [0, 0.05) is 22.1 Å². The van der Waals surface area contributed by atoms with Crippen molar-refractivity contribution in [1.29, 1.82) is 5.26 Å². The van der Waals surface area contributed by atoms with Crippen molar-refractivity contribution in [2.45, 2.75) is 103 Å². The molecule has 0 spiro atoms. The Morgan fingerprint density at radius 3 is 1.77 bits per heavy atom. The molecule has 0 aliphatic heterocycles. The van der Waals surface area contributed by atoms with Gasteiger partial charge in [-0.15, -0.1) is 0 Å². The van der Waals surface area contributed by atoms with E-state index in [0.29, 0.717) is 29.0 Å². The normalized spacial score (nSPS) is 31.2. The van der Waals surface area contributed by atoms with Crippen molar-refractivity contribution in [1.82, 2.24) is 15.0 Å². The van der Waals surface area contributed by atoms with Gasteiger partial charge in [-0.3, -0.25) is 0 Å². The molecule has 4 saturated carbocycles. The summed E-state index contributed by atoms with van der Waals surface area (Å²) in [6.07, 6.45) is 13.0. The summed E-state index contributed by atoms with van der Waals surface area (Å²) in [5, 5.41) is 11.9. The molecule has 264 valence electrons. The fourth-order valence-corrected chi connectivity index (χ4v) is 12.5. The molecule has 4 fully saturated rings. The molecule has 4 aromatic carbocycles. The summed E-state index contributed by atoms with van der Waals surface area (Å²) in [6.45, 7) is 9.84. The van der Waals surface area contributed by atoms with Gasteiger partial charge in [0.15, 0.2) is 17.5 Å². The van der Waals surface area contributed by atoms with E-state index in [1.165, 1.54) is 75.3 Å². The number of nitriles is 1. The average molecular weight is 685 g/mol. The van der Waals surface area contributed by atoms with Crippen LogP contribution < -0.4 is 0 Å². The quantitative estimate of drug-likeness (QED) is 0.185. The molecule has 0 radical (unpaired) electrons. The molecule has 4 aliphatic rings. The summed E-state index contributed by atoms with van der Waals surface area (Å²) in [5.74, 6) is 6.72. The highest BCUT2D eigenvalue weighted by molar-refractivity contribution is 5.91. The molecule has 0 saturated heterocycles. The molecule has 4 bridgehead atoms. The number of aromatic nitrogens is 3. The van der Waals surface area contributed by atoms with Crippen LogP contribution in [0.4, 0.5) is 0 Å². The van der Waals surface area contributed by atoms with Crippen molar-refractivity contribution in [2.75, 3.05) is 0 Å². The molecule has 4 nitrogen and oxygen atoms in total. The third-order valence-electron chi connectivity index (χ3n) is 13.6. The largest absolute Gasteiger partial charge is 0.208 e. The van der Waals surface area contributed by atoms with Crippen molar-refractivity contribution in [3.05, 3.63) is 102 Å². The Bertz CT molecular complexity index is 2140. The molecule has 4 unspecified atom stereocenters. The number of fused-ring (bicyclic) bond motifs is 5. The highest BCUT2D eigenvalue weighted by Crippen LogP contribution is 2.56. The van der Waals surface area contributed by atoms with E-state index in [0.717, 1.165) is 57.0 Å². The first-order valence-electron chi connectivity index (χ1n) is 20.1. The van der Waals surface area contributed by atoms with Crippen molar-refractivity contribution >= 4 is 10.8 Å². The number of nitrogens with zero attached hydrogens (tertiary/aromatic N) is 4. The maximum Gasteiger partial charge on any atom is 0.164 e. The zero-order valence-corrected chi connectivity index (χ0v) is 31.4. The van der Waals surface area contributed by atoms with E-state index in [2.05, 4.69) is 107 Å². The SMILES string of the molecule is C[C@@H]1CC2C[C@H](C)CC(c3ccc(-c4nc(-c5ccc6cccc(C#N)c6c5)nc(-c5ccccc5C56CC(C[C@@H](C)C5)C[C@H](C)C6)n4)cc3)(C2)C1. The summed E-state index contributed by atoms with van der Waals surface area (Å²) in [6, 6.07) is 32.9. The second-order valence-electron chi connectivity index (χ2n) is 18.2. The first-order valence-corrected chi connectivity index (χ1v) is 20.1. The van der Waals surface area contributed by atoms with Crippen molar-refractivity contribution < 1.29 is 0 Å². The van der Waals surface area contributed by atoms with E-state index >= 15 is 0 Å². The van der Waals surface area contributed by atoms with Crippen LogP contribution in [0.2, 0.25) is 0 Å². The maximum absolute atomic E-state index is 9.95. The maximum atomic E-state index is 9.95. The zero-order chi connectivity index (χ0) is 35.6. The Hall–Kier alpha value is -4.36. The number of benzene rings is 4. The molecule has 8 atom stereocenters. The first kappa shape index (κ1) is 33.5. The number of hydrogen-bond acceptors (Lipinski definition) is 4. The Labute approximate surface area is 310 Å². The summed E-state index contributed by atoms with van der Waals surface area (Å²) in [5.41, 5.74) is 7.06. The molecular weight excluding hydrogens is 633 g/mol. The lowest BCUT2D eigenvalue weighted by Crippen LogP contribution is -2.42. The highest BCUT2D eigenvalue weighted by Gasteiger charge is 2.47. The Morgan fingerprint density at radius 1 is 0.558 bits per heavy atom. The minimum atomic E-state index is 0.140. The van der Waals surface area contributed by atoms with E-state index in [1.807, 2.05) is 12.1 Å². The predicted molar refractivity (Wildman–Crippen MR) is 212 cm³/mol. The van der Waals surface area contributed by atoms with Gasteiger partial charge in [-0.1, -0.05) is 100 Å². The van der Waals surface area contributed by atoms with Crippen molar-refractivity contribution in [3.63, 3.8) is 0 Å². The van der Waals surface area contributed by atoms with Crippen LogP contribution in [-0.4, -0.2) is 15.0 Å². The Balaban J connectivity index is 1.18. The first-order chi connectivity index (χ1) is 25.2. The summed E-state index contributed by atoms with van der Waals surface area (Å²) >= 11 is 0. The summed E-state index contributed by atoms with van der Waals surface area (Å²) in [4.78, 5) is 15.9. The molecule has 9 rings (SSSR count). The number of rotatable bonds is 5. The van der Waals surface area contributed by atoms with Gasteiger partial charge >= 0.3 is 0 Å². The Morgan fingerprint density at radius 2 is 1.12 bits per heavy atom. The van der Waals surface area contributed by atoms with Crippen LogP contribution >= 0.6 is 0 Å². The van der Waals surface area contributed by atoms with Gasteiger partial charge in [-0.25, -0.2) is 15.0 Å². The lowest BCUT2D eigenvalue weighted by atomic mass is 9.54. The van der Waals surface area contributed by atoms with E-state index < -0.39 is 0 Å². The molecular formula is C48H52N4. The van der Waals surface area contributed by atoms with E-state index in [4.69, 9.17) is 15.0 Å². The average Bonchev–Trinajstić information content (AvgIpc) is 3.13. The molecule has 0 N–H and O–H groups in total. The van der Waals surface area contributed by atoms with E-state index in [9.17, 15) is 5.26 Å². The van der Waals surface area contributed by atoms with Gasteiger partial charge in [0.1, 0.15) is 0 Å². The minimum absolute atomic E-state index is 0.140. The second-order valence-corrected chi connectivity index (χ2v) is 18.2. The van der Waals surface area contributed by atoms with Gasteiger partial charge in [0.25, 0.3) is 0 Å². The van der Waals surface area contributed by atoms with Crippen molar-refractivity contribution in [2.24, 2.45) is 35.5 Å². The van der Waals surface area contributed by atoms with Gasteiger partial charge in [-0.05, 0) is 139 Å². The van der Waals surface area contributed by atoms with Gasteiger partial charge < -0.3 is 0 Å². The van der Waals surface area contributed by atoms with Crippen molar-refractivity contribution in [3.8, 4) is 40.2 Å². The lowest BCUT2D eigenvalue weighted by Gasteiger charge is -2.51. The van der Waals surface area contributed by atoms with Crippen LogP contribution in [0, 0.1) is 46.8 Å². The van der Waals surface area contributed by atoms with Gasteiger partial charge in [-0.2, -0.15) is 5.26 Å². The smallest absolute Gasteiger partial charge is 0.164 e. The molecule has 1 heterocycles. The van der Waals surface area contributed by atoms with Crippen LogP contribution in [0.5, 0.6) is 0 Å². The highest BCUT2D eigenvalue weighted by atomic mass is 15.0. The minimum Gasteiger partial charge on any atom is -0.208 e. The van der Waals surface area contributed by atoms with E-state index in [-0.39, 0.29) is 10.8 Å². The fraction of sp³-hybridized carbons (Fsp3) is 0.458. The molecule has 4 heteroatoms. The van der Waals surface area contributed by atoms with E-state index in [1.54, 1.807) is 0 Å². The fourth-order valence-electron chi connectivity index (χ4n) is 12.5. The van der Waals surface area contributed by atoms with Crippen LogP contribution in [0.1, 0.15) is 109 Å². The predicted octanol–water partition coefficient (Wildman–Crippen LogP) is 12.1. The molecule has 4 aliphatic carbocycles. The molecule has 1 aromatic heterocycles. The molecule has 0 amide bonds. The topological polar surface area (TPSA) is 62.5 Å². The summed E-state index contributed by atoms with van der Waals surface area (Å²) in [7, 11) is 0. The zero-order valence-electron chi connectivity index (χ0n) is 31.4. The summed E-state index contributed by atoms with van der Waals surface area (Å²) < 4.78 is 0. The van der Waals surface area contributed by atoms with Gasteiger partial charge in [0.05, 0.1) is 11.6 Å². The molecule has 5 aromatic rings. The van der Waals surface area contributed by atoms with Crippen LogP contribution in [0.3, 0.4) is 0 Å².